The number of benzene rings is 1. The average Bonchev–Trinajstić information content (AvgIpc) is 2.66. The lowest BCUT2D eigenvalue weighted by Crippen LogP contribution is -2.05. The number of aromatic nitrogens is 2. The molecule has 0 aliphatic heterocycles. The monoisotopic (exact) mass is 245 g/mol. The van der Waals surface area contributed by atoms with Crippen LogP contribution < -0.4 is 10.5 Å². The highest BCUT2D eigenvalue weighted by atomic mass is 16.5. The minimum absolute atomic E-state index is 0.0544. The molecule has 0 saturated heterocycles. The Balaban J connectivity index is 2.00. The Morgan fingerprint density at radius 1 is 1.33 bits per heavy atom. The van der Waals surface area contributed by atoms with Crippen molar-refractivity contribution in [2.24, 2.45) is 12.8 Å². The number of aryl methyl sites for hydroxylation is 2. The summed E-state index contributed by atoms with van der Waals surface area (Å²) in [6.45, 7) is 4.46. The van der Waals surface area contributed by atoms with Crippen molar-refractivity contribution < 1.29 is 4.74 Å². The molecule has 0 unspecified atom stereocenters. The fraction of sp³-hybridized carbons (Fsp3) is 0.357. The van der Waals surface area contributed by atoms with Gasteiger partial charge in [-0.1, -0.05) is 12.1 Å². The molecule has 1 aromatic heterocycles. The van der Waals surface area contributed by atoms with Gasteiger partial charge in [-0.3, -0.25) is 4.68 Å². The highest BCUT2D eigenvalue weighted by Gasteiger charge is 2.04. The Bertz CT molecular complexity index is 514. The van der Waals surface area contributed by atoms with E-state index in [9.17, 15) is 0 Å². The lowest BCUT2D eigenvalue weighted by molar-refractivity contribution is 0.295. The fourth-order valence-electron chi connectivity index (χ4n) is 1.82. The van der Waals surface area contributed by atoms with Crippen molar-refractivity contribution >= 4 is 0 Å². The van der Waals surface area contributed by atoms with Crippen LogP contribution in [0.15, 0.2) is 30.3 Å². The molecule has 1 atom stereocenters. The van der Waals surface area contributed by atoms with Crippen LogP contribution >= 0.6 is 0 Å². The summed E-state index contributed by atoms with van der Waals surface area (Å²) in [4.78, 5) is 0. The number of ether oxygens (including phenoxy) is 1. The van der Waals surface area contributed by atoms with Crippen molar-refractivity contribution in [3.05, 3.63) is 47.3 Å². The molecule has 4 heteroatoms. The van der Waals surface area contributed by atoms with Gasteiger partial charge in [-0.2, -0.15) is 5.10 Å². The number of hydrogen-bond acceptors (Lipinski definition) is 3. The van der Waals surface area contributed by atoms with E-state index in [0.717, 1.165) is 22.7 Å². The maximum absolute atomic E-state index is 5.80. The van der Waals surface area contributed by atoms with E-state index < -0.39 is 0 Å². The third-order valence-corrected chi connectivity index (χ3v) is 2.89. The van der Waals surface area contributed by atoms with Gasteiger partial charge in [0.1, 0.15) is 12.4 Å². The van der Waals surface area contributed by atoms with Gasteiger partial charge in [-0.25, -0.2) is 0 Å². The van der Waals surface area contributed by atoms with E-state index >= 15 is 0 Å². The number of nitrogens with two attached hydrogens (primary N) is 1. The largest absolute Gasteiger partial charge is 0.487 e. The maximum atomic E-state index is 5.80. The second kappa shape index (κ2) is 5.23. The van der Waals surface area contributed by atoms with Gasteiger partial charge in [0.05, 0.1) is 11.4 Å². The van der Waals surface area contributed by atoms with Crippen LogP contribution in [-0.4, -0.2) is 9.78 Å². The zero-order valence-electron chi connectivity index (χ0n) is 11.1. The van der Waals surface area contributed by atoms with Crippen LogP contribution in [0.3, 0.4) is 0 Å². The molecule has 0 bridgehead atoms. The van der Waals surface area contributed by atoms with Crippen molar-refractivity contribution in [3.8, 4) is 5.75 Å². The summed E-state index contributed by atoms with van der Waals surface area (Å²) in [5, 5.41) is 4.28. The van der Waals surface area contributed by atoms with E-state index in [2.05, 4.69) is 5.10 Å². The summed E-state index contributed by atoms with van der Waals surface area (Å²) < 4.78 is 7.56. The van der Waals surface area contributed by atoms with Crippen molar-refractivity contribution in [3.63, 3.8) is 0 Å². The molecule has 2 rings (SSSR count). The molecule has 0 saturated carbocycles. The highest BCUT2D eigenvalue weighted by Crippen LogP contribution is 2.17. The van der Waals surface area contributed by atoms with Gasteiger partial charge in [-0.05, 0) is 37.6 Å². The summed E-state index contributed by atoms with van der Waals surface area (Å²) in [7, 11) is 1.92. The molecular weight excluding hydrogens is 226 g/mol. The Morgan fingerprint density at radius 3 is 2.50 bits per heavy atom. The fourth-order valence-corrected chi connectivity index (χ4v) is 1.82. The molecule has 0 fully saturated rings. The van der Waals surface area contributed by atoms with Crippen LogP contribution in [-0.2, 0) is 13.7 Å². The van der Waals surface area contributed by atoms with Crippen molar-refractivity contribution in [1.82, 2.24) is 9.78 Å². The number of hydrogen-bond donors (Lipinski definition) is 1. The number of rotatable bonds is 4. The van der Waals surface area contributed by atoms with Gasteiger partial charge >= 0.3 is 0 Å². The first kappa shape index (κ1) is 12.6. The minimum atomic E-state index is 0.0544. The first-order valence-corrected chi connectivity index (χ1v) is 6.04. The summed E-state index contributed by atoms with van der Waals surface area (Å²) in [6, 6.07) is 9.96. The van der Waals surface area contributed by atoms with Gasteiger partial charge in [0.2, 0.25) is 0 Å². The van der Waals surface area contributed by atoms with Crippen LogP contribution in [0.2, 0.25) is 0 Å². The topological polar surface area (TPSA) is 53.1 Å². The molecule has 0 amide bonds. The van der Waals surface area contributed by atoms with E-state index in [-0.39, 0.29) is 6.04 Å². The Morgan fingerprint density at radius 2 is 2.00 bits per heavy atom. The van der Waals surface area contributed by atoms with Crippen molar-refractivity contribution in [2.75, 3.05) is 0 Å². The standard InChI is InChI=1S/C14H19N3O/c1-10-8-13(17(3)16-10)9-18-14-6-4-12(5-7-14)11(2)15/h4-8,11H,9,15H2,1-3H3/t11-/m1/s1. The van der Waals surface area contributed by atoms with Crippen LogP contribution in [0.25, 0.3) is 0 Å². The van der Waals surface area contributed by atoms with E-state index in [4.69, 9.17) is 10.5 Å². The maximum Gasteiger partial charge on any atom is 0.130 e. The molecule has 0 radical (unpaired) electrons. The molecule has 1 heterocycles. The molecule has 1 aromatic carbocycles. The Hall–Kier alpha value is -1.81. The number of nitrogens with zero attached hydrogens (tertiary/aromatic N) is 2. The van der Waals surface area contributed by atoms with Crippen LogP contribution in [0.5, 0.6) is 5.75 Å². The molecule has 96 valence electrons. The van der Waals surface area contributed by atoms with Gasteiger partial charge in [0.25, 0.3) is 0 Å². The molecule has 0 spiro atoms. The lowest BCUT2D eigenvalue weighted by Gasteiger charge is -2.09. The van der Waals surface area contributed by atoms with Crippen molar-refractivity contribution in [1.29, 1.82) is 0 Å². The van der Waals surface area contributed by atoms with Gasteiger partial charge in [-0.15, -0.1) is 0 Å². The lowest BCUT2D eigenvalue weighted by atomic mass is 10.1. The average molecular weight is 245 g/mol. The summed E-state index contributed by atoms with van der Waals surface area (Å²) in [5.41, 5.74) is 8.97. The van der Waals surface area contributed by atoms with E-state index in [1.54, 1.807) is 0 Å². The van der Waals surface area contributed by atoms with Gasteiger partial charge < -0.3 is 10.5 Å². The van der Waals surface area contributed by atoms with Crippen molar-refractivity contribution in [2.45, 2.75) is 26.5 Å². The summed E-state index contributed by atoms with van der Waals surface area (Å²) in [5.74, 6) is 0.846. The molecule has 0 aliphatic rings. The Labute approximate surface area is 107 Å². The highest BCUT2D eigenvalue weighted by molar-refractivity contribution is 5.28. The SMILES string of the molecule is Cc1cc(COc2ccc([C@@H](C)N)cc2)n(C)n1. The summed E-state index contributed by atoms with van der Waals surface area (Å²) in [6.07, 6.45) is 0. The minimum Gasteiger partial charge on any atom is -0.487 e. The van der Waals surface area contributed by atoms with Gasteiger partial charge in [0.15, 0.2) is 0 Å². The molecule has 4 nitrogen and oxygen atoms in total. The first-order valence-electron chi connectivity index (χ1n) is 6.04. The second-order valence-corrected chi connectivity index (χ2v) is 4.55. The van der Waals surface area contributed by atoms with E-state index in [1.165, 1.54) is 0 Å². The quantitative estimate of drug-likeness (QED) is 0.899. The third-order valence-electron chi connectivity index (χ3n) is 2.89. The summed E-state index contributed by atoms with van der Waals surface area (Å²) >= 11 is 0. The zero-order valence-corrected chi connectivity index (χ0v) is 11.1. The van der Waals surface area contributed by atoms with Crippen LogP contribution in [0, 0.1) is 6.92 Å². The van der Waals surface area contributed by atoms with E-state index in [1.807, 2.05) is 55.9 Å². The molecule has 2 aromatic rings. The third kappa shape index (κ3) is 2.90. The van der Waals surface area contributed by atoms with E-state index in [0.29, 0.717) is 6.61 Å². The molecule has 0 aliphatic carbocycles. The molecule has 2 N–H and O–H groups in total. The molecule has 18 heavy (non-hydrogen) atoms. The Kier molecular flexibility index (Phi) is 3.67. The predicted molar refractivity (Wildman–Crippen MR) is 71.3 cm³/mol. The predicted octanol–water partition coefficient (Wildman–Crippen LogP) is 2.33. The van der Waals surface area contributed by atoms with Crippen LogP contribution in [0.4, 0.5) is 0 Å². The molecular formula is C14H19N3O. The van der Waals surface area contributed by atoms with Gasteiger partial charge in [0, 0.05) is 13.1 Å². The smallest absolute Gasteiger partial charge is 0.130 e. The second-order valence-electron chi connectivity index (χ2n) is 4.55. The first-order chi connectivity index (χ1) is 8.56. The zero-order chi connectivity index (χ0) is 13.1. The van der Waals surface area contributed by atoms with Crippen LogP contribution in [0.1, 0.15) is 29.9 Å². The normalized spacial score (nSPS) is 12.4.